The van der Waals surface area contributed by atoms with Crippen molar-refractivity contribution in [2.24, 2.45) is 23.7 Å². The van der Waals surface area contributed by atoms with Gasteiger partial charge in [-0.3, -0.25) is 24.0 Å². The fraction of sp³-hybridized carbons (Fsp3) is 0.587. The van der Waals surface area contributed by atoms with Crippen LogP contribution < -0.4 is 5.32 Å². The molecular weight excluding hydrogens is 799 g/mol. The molecule has 0 spiro atoms. The first-order valence-corrected chi connectivity index (χ1v) is 22.4. The molecule has 2 aliphatic heterocycles. The van der Waals surface area contributed by atoms with Crippen LogP contribution in [-0.2, 0) is 41.7 Å². The van der Waals surface area contributed by atoms with E-state index in [1.165, 1.54) is 6.08 Å². The summed E-state index contributed by atoms with van der Waals surface area (Å²) in [6.45, 7) is 13.1. The maximum atomic E-state index is 13.9. The smallest absolute Gasteiger partial charge is 0.308 e. The molecule has 2 aliphatic rings. The molecule has 5 rings (SSSR count). The summed E-state index contributed by atoms with van der Waals surface area (Å²) in [6.07, 6.45) is 1.79. The second kappa shape index (κ2) is 23.0. The van der Waals surface area contributed by atoms with E-state index in [9.17, 15) is 29.7 Å². The van der Waals surface area contributed by atoms with E-state index in [2.05, 4.69) is 44.8 Å². The maximum absolute atomic E-state index is 13.9. The first-order valence-electron chi connectivity index (χ1n) is 21.5. The Kier molecular flexibility index (Phi) is 18.1. The first-order chi connectivity index (χ1) is 29.2. The molecule has 3 aromatic rings. The number of likely N-dealkylation sites (N-methyl/N-ethyl adjacent to an activating group) is 1. The topological polar surface area (TPSA) is 186 Å². The summed E-state index contributed by atoms with van der Waals surface area (Å²) >= 11 is 1.60. The third kappa shape index (κ3) is 13.3. The van der Waals surface area contributed by atoms with Crippen LogP contribution in [0, 0.1) is 30.6 Å². The highest BCUT2D eigenvalue weighted by Gasteiger charge is 2.46. The number of thiophene rings is 1. The Morgan fingerprint density at radius 1 is 1.05 bits per heavy atom. The number of ether oxygens (including phenoxy) is 3. The number of nitrogens with one attached hydrogen (secondary N) is 1. The first kappa shape index (κ1) is 48.1. The van der Waals surface area contributed by atoms with E-state index < -0.39 is 78.3 Å². The monoisotopic (exact) mass is 863 g/mol. The molecule has 4 heterocycles. The van der Waals surface area contributed by atoms with Crippen molar-refractivity contribution in [2.75, 3.05) is 26.7 Å². The van der Waals surface area contributed by atoms with E-state index in [1.807, 2.05) is 55.4 Å². The molecule has 334 valence electrons. The molecule has 1 saturated heterocycles. The van der Waals surface area contributed by atoms with Crippen molar-refractivity contribution in [1.82, 2.24) is 25.2 Å². The number of cyclic esters (lactones) is 1. The third-order valence-electron chi connectivity index (χ3n) is 12.1. The van der Waals surface area contributed by atoms with E-state index in [0.717, 1.165) is 28.0 Å². The van der Waals surface area contributed by atoms with Crippen LogP contribution >= 0.6 is 11.3 Å². The minimum Gasteiger partial charge on any atom is -0.462 e. The summed E-state index contributed by atoms with van der Waals surface area (Å²) in [4.78, 5) is 43.5. The Bertz CT molecular complexity index is 1920. The molecule has 61 heavy (non-hydrogen) atoms. The van der Waals surface area contributed by atoms with Crippen molar-refractivity contribution in [2.45, 2.75) is 123 Å². The Morgan fingerprint density at radius 3 is 2.48 bits per heavy atom. The van der Waals surface area contributed by atoms with E-state index in [4.69, 9.17) is 14.2 Å². The zero-order valence-electron chi connectivity index (χ0n) is 36.6. The average Bonchev–Trinajstić information content (AvgIpc) is 3.96. The van der Waals surface area contributed by atoms with Crippen LogP contribution in [0.3, 0.4) is 0 Å². The standard InChI is InChI=1S/C46H65N5O9S/c1-8-40-36(26-52)21-29(3)11-14-38(53)30(4)22-34(45(31(5)39(54)23-41(55)59-40)60-46-44(57)42(47-7)43(56)32(6)58-46)15-17-50(24-33-12-9-28(2)10-13-33)18-19-51-25-37(48-49-51)35-16-20-61-27-35/h9-14,16,20-21,25,27,30-32,34,36,39-40,42-43,45-47,52,54,56H,8,15,17-19,22-24,26H2,1-7H3. The van der Waals surface area contributed by atoms with Gasteiger partial charge in [-0.15, -0.1) is 5.10 Å². The zero-order valence-corrected chi connectivity index (χ0v) is 37.4. The lowest BCUT2D eigenvalue weighted by Gasteiger charge is -2.42. The quantitative estimate of drug-likeness (QED) is 0.161. The predicted molar refractivity (Wildman–Crippen MR) is 233 cm³/mol. The summed E-state index contributed by atoms with van der Waals surface area (Å²) in [6, 6.07) is 9.44. The Labute approximate surface area is 364 Å². The molecular formula is C46H65N5O9S. The molecule has 11 unspecified atom stereocenters. The van der Waals surface area contributed by atoms with Crippen molar-refractivity contribution in [3.8, 4) is 11.3 Å². The Balaban J connectivity index is 1.50. The average molecular weight is 864 g/mol. The van der Waals surface area contributed by atoms with Gasteiger partial charge in [0.2, 0.25) is 12.1 Å². The second-order valence-corrected chi connectivity index (χ2v) is 17.6. The lowest BCUT2D eigenvalue weighted by Crippen LogP contribution is -2.60. The van der Waals surface area contributed by atoms with Gasteiger partial charge in [0, 0.05) is 41.8 Å². The van der Waals surface area contributed by atoms with Gasteiger partial charge in [0.05, 0.1) is 44.1 Å². The zero-order chi connectivity index (χ0) is 44.2. The van der Waals surface area contributed by atoms with Crippen LogP contribution in [0.15, 0.2) is 71.1 Å². The summed E-state index contributed by atoms with van der Waals surface area (Å²) in [5, 5.41) is 48.6. The highest BCUT2D eigenvalue weighted by molar-refractivity contribution is 7.08. The van der Waals surface area contributed by atoms with Crippen molar-refractivity contribution in [3.63, 3.8) is 0 Å². The van der Waals surface area contributed by atoms with Gasteiger partial charge >= 0.3 is 5.97 Å². The summed E-state index contributed by atoms with van der Waals surface area (Å²) < 4.78 is 20.4. The van der Waals surface area contributed by atoms with E-state index in [0.29, 0.717) is 45.4 Å². The second-order valence-electron chi connectivity index (χ2n) is 16.8. The van der Waals surface area contributed by atoms with Gasteiger partial charge in [0.1, 0.15) is 23.9 Å². The highest BCUT2D eigenvalue weighted by Crippen LogP contribution is 2.34. The van der Waals surface area contributed by atoms with Gasteiger partial charge in [-0.2, -0.15) is 11.3 Å². The van der Waals surface area contributed by atoms with Crippen LogP contribution in [0.25, 0.3) is 11.3 Å². The minimum atomic E-state index is -1.39. The number of carbonyl (C=O) groups is 3. The number of nitrogens with zero attached hydrogens (tertiary/aromatic N) is 4. The molecule has 0 amide bonds. The number of ketones is 2. The van der Waals surface area contributed by atoms with E-state index in [1.54, 1.807) is 44.4 Å². The lowest BCUT2D eigenvalue weighted by molar-refractivity contribution is -0.244. The largest absolute Gasteiger partial charge is 0.462 e. The van der Waals surface area contributed by atoms with Crippen molar-refractivity contribution in [3.05, 3.63) is 82.2 Å². The molecule has 15 heteroatoms. The number of carbonyl (C=O) groups excluding carboxylic acids is 3. The molecule has 14 nitrogen and oxygen atoms in total. The number of aliphatic hydroxyl groups is 3. The number of aromatic nitrogens is 3. The molecule has 11 atom stereocenters. The number of Topliss-reactive ketones (excluding diaryl/α,β-unsaturated/α-hetero) is 1. The fourth-order valence-electron chi connectivity index (χ4n) is 8.21. The van der Waals surface area contributed by atoms with Crippen molar-refractivity contribution in [1.29, 1.82) is 0 Å². The van der Waals surface area contributed by atoms with Crippen LogP contribution in [0.4, 0.5) is 0 Å². The molecule has 1 aromatic carbocycles. The SMILES string of the molecule is CCC1OC(=O)CC(O)C(C)C(OC2OC(C)C(O)C(NC)C2=O)C(CCN(CCn2cc(-c3ccsc3)nn2)Cc2ccc(C)cc2)CC(C)C(=O)C=CC(C)=CC1CO. The number of allylic oxidation sites excluding steroid dienone is 3. The molecule has 0 radical (unpaired) electrons. The molecule has 2 aromatic heterocycles. The van der Waals surface area contributed by atoms with Crippen molar-refractivity contribution < 1.29 is 43.9 Å². The van der Waals surface area contributed by atoms with Gasteiger partial charge in [0.15, 0.2) is 5.78 Å². The summed E-state index contributed by atoms with van der Waals surface area (Å²) in [7, 11) is 1.58. The van der Waals surface area contributed by atoms with Gasteiger partial charge in [-0.1, -0.05) is 73.5 Å². The fourth-order valence-corrected chi connectivity index (χ4v) is 8.86. The number of rotatable bonds is 14. The number of hydrogen-bond acceptors (Lipinski definition) is 14. The normalized spacial score (nSPS) is 29.8. The summed E-state index contributed by atoms with van der Waals surface area (Å²) in [5.41, 5.74) is 4.82. The van der Waals surface area contributed by atoms with Crippen LogP contribution in [0.5, 0.6) is 0 Å². The molecule has 4 N–H and O–H groups in total. The molecule has 0 bridgehead atoms. The highest BCUT2D eigenvalue weighted by atomic mass is 32.1. The van der Waals surface area contributed by atoms with Gasteiger partial charge in [-0.25, -0.2) is 0 Å². The number of benzene rings is 1. The number of aryl methyl sites for hydroxylation is 1. The van der Waals surface area contributed by atoms with Crippen molar-refractivity contribution >= 4 is 28.9 Å². The van der Waals surface area contributed by atoms with Gasteiger partial charge < -0.3 is 34.8 Å². The Morgan fingerprint density at radius 2 is 1.80 bits per heavy atom. The van der Waals surface area contributed by atoms with Crippen LogP contribution in [0.2, 0.25) is 0 Å². The number of esters is 1. The van der Waals surface area contributed by atoms with Gasteiger partial charge in [-0.05, 0) is 82.6 Å². The summed E-state index contributed by atoms with van der Waals surface area (Å²) in [5.74, 6) is -3.43. The van der Waals surface area contributed by atoms with E-state index in [-0.39, 0.29) is 18.8 Å². The molecule has 0 aliphatic carbocycles. The number of hydrogen-bond donors (Lipinski definition) is 4. The van der Waals surface area contributed by atoms with E-state index >= 15 is 0 Å². The number of aliphatic hydroxyl groups excluding tert-OH is 3. The predicted octanol–water partition coefficient (Wildman–Crippen LogP) is 4.90. The Hall–Kier alpha value is -3.93. The van der Waals surface area contributed by atoms with Crippen LogP contribution in [0.1, 0.15) is 71.4 Å². The maximum Gasteiger partial charge on any atom is 0.308 e. The lowest BCUT2D eigenvalue weighted by atomic mass is 9.79. The van der Waals surface area contributed by atoms with Gasteiger partial charge in [0.25, 0.3) is 0 Å². The molecule has 1 fully saturated rings. The molecule has 0 saturated carbocycles. The van der Waals surface area contributed by atoms with Crippen LogP contribution in [-0.4, -0.2) is 122 Å². The third-order valence-corrected chi connectivity index (χ3v) is 12.8. The minimum absolute atomic E-state index is 0.114.